The Hall–Kier alpha value is -0.910. The second-order valence-electron chi connectivity index (χ2n) is 5.05. The number of aliphatic hydroxyl groups excluding tert-OH is 1. The lowest BCUT2D eigenvalue weighted by Crippen LogP contribution is -2.40. The van der Waals surface area contributed by atoms with Crippen LogP contribution in [0.15, 0.2) is 24.3 Å². The second kappa shape index (κ2) is 4.99. The third-order valence-corrected chi connectivity index (χ3v) is 5.08. The largest absolute Gasteiger partial charge is 0.390 e. The normalized spacial score (nSPS) is 28.2. The fourth-order valence-electron chi connectivity index (χ4n) is 2.26. The van der Waals surface area contributed by atoms with Gasteiger partial charge in [-0.1, -0.05) is 29.8 Å². The van der Waals surface area contributed by atoms with E-state index in [0.29, 0.717) is 0 Å². The molecule has 1 saturated heterocycles. The molecule has 0 aliphatic carbocycles. The van der Waals surface area contributed by atoms with Crippen molar-refractivity contribution in [3.63, 3.8) is 0 Å². The Morgan fingerprint density at radius 3 is 2.39 bits per heavy atom. The highest BCUT2D eigenvalue weighted by Crippen LogP contribution is 2.18. The lowest BCUT2D eigenvalue weighted by molar-refractivity contribution is 0.160. The molecule has 3 atom stereocenters. The molecule has 1 aromatic rings. The van der Waals surface area contributed by atoms with Crippen molar-refractivity contribution in [3.8, 4) is 0 Å². The molecule has 1 fully saturated rings. The van der Waals surface area contributed by atoms with Crippen molar-refractivity contribution in [2.45, 2.75) is 32.0 Å². The lowest BCUT2D eigenvalue weighted by Gasteiger charge is -2.21. The first-order valence-electron chi connectivity index (χ1n) is 6.08. The predicted molar refractivity (Wildman–Crippen MR) is 71.2 cm³/mol. The number of hydrogen-bond acceptors (Lipinski definition) is 4. The number of benzene rings is 1. The van der Waals surface area contributed by atoms with Gasteiger partial charge in [0.2, 0.25) is 0 Å². The lowest BCUT2D eigenvalue weighted by atomic mass is 10.1. The zero-order valence-corrected chi connectivity index (χ0v) is 11.4. The summed E-state index contributed by atoms with van der Waals surface area (Å²) in [4.78, 5) is 0. The maximum atomic E-state index is 11.4. The van der Waals surface area contributed by atoms with Crippen LogP contribution < -0.4 is 5.32 Å². The van der Waals surface area contributed by atoms with Gasteiger partial charge in [-0.25, -0.2) is 8.42 Å². The summed E-state index contributed by atoms with van der Waals surface area (Å²) in [5.41, 5.74) is 2.28. The van der Waals surface area contributed by atoms with Gasteiger partial charge in [0.25, 0.3) is 0 Å². The molecule has 1 heterocycles. The Balaban J connectivity index is 2.04. The quantitative estimate of drug-likeness (QED) is 0.852. The van der Waals surface area contributed by atoms with E-state index < -0.39 is 15.9 Å². The predicted octanol–water partition coefficient (Wildman–Crippen LogP) is 0.804. The standard InChI is InChI=1S/C13H19NO3S/c1-9-3-5-11(6-4-9)10(2)14-12-7-18(16,17)8-13(12)15/h3-6,10,12-15H,7-8H2,1-2H3. The van der Waals surface area contributed by atoms with Gasteiger partial charge in [0.15, 0.2) is 9.84 Å². The van der Waals surface area contributed by atoms with Crippen LogP contribution >= 0.6 is 0 Å². The number of rotatable bonds is 3. The van der Waals surface area contributed by atoms with Crippen LogP contribution in [0.4, 0.5) is 0 Å². The summed E-state index contributed by atoms with van der Waals surface area (Å²) >= 11 is 0. The molecule has 1 aliphatic heterocycles. The first kappa shape index (κ1) is 13.5. The molecule has 0 aromatic heterocycles. The summed E-state index contributed by atoms with van der Waals surface area (Å²) in [6.07, 6.45) is -0.803. The average molecular weight is 269 g/mol. The first-order valence-corrected chi connectivity index (χ1v) is 7.90. The summed E-state index contributed by atoms with van der Waals surface area (Å²) in [5.74, 6) is -0.115. The summed E-state index contributed by atoms with van der Waals surface area (Å²) in [6.45, 7) is 4.00. The molecule has 18 heavy (non-hydrogen) atoms. The van der Waals surface area contributed by atoms with E-state index in [0.717, 1.165) is 5.56 Å². The molecule has 0 radical (unpaired) electrons. The van der Waals surface area contributed by atoms with E-state index in [1.165, 1.54) is 5.56 Å². The van der Waals surface area contributed by atoms with Gasteiger partial charge in [-0.3, -0.25) is 0 Å². The van der Waals surface area contributed by atoms with Crippen LogP contribution in [-0.4, -0.2) is 37.2 Å². The van der Waals surface area contributed by atoms with Crippen LogP contribution in [-0.2, 0) is 9.84 Å². The van der Waals surface area contributed by atoms with E-state index in [1.54, 1.807) is 0 Å². The summed E-state index contributed by atoms with van der Waals surface area (Å²) < 4.78 is 22.8. The molecular formula is C13H19NO3S. The van der Waals surface area contributed by atoms with Crippen molar-refractivity contribution in [1.82, 2.24) is 5.32 Å². The fourth-order valence-corrected chi connectivity index (χ4v) is 4.01. The van der Waals surface area contributed by atoms with Crippen LogP contribution in [0.5, 0.6) is 0 Å². The van der Waals surface area contributed by atoms with Crippen molar-refractivity contribution in [2.75, 3.05) is 11.5 Å². The van der Waals surface area contributed by atoms with Gasteiger partial charge >= 0.3 is 0 Å². The smallest absolute Gasteiger partial charge is 0.154 e. The van der Waals surface area contributed by atoms with Gasteiger partial charge in [-0.05, 0) is 19.4 Å². The molecule has 0 saturated carbocycles. The van der Waals surface area contributed by atoms with E-state index in [4.69, 9.17) is 0 Å². The average Bonchev–Trinajstić information content (AvgIpc) is 2.52. The second-order valence-corrected chi connectivity index (χ2v) is 7.20. The summed E-state index contributed by atoms with van der Waals surface area (Å²) in [5, 5.41) is 12.9. The number of hydrogen-bond donors (Lipinski definition) is 2. The molecule has 2 N–H and O–H groups in total. The van der Waals surface area contributed by atoms with Crippen molar-refractivity contribution in [3.05, 3.63) is 35.4 Å². The number of aliphatic hydroxyl groups is 1. The molecule has 1 aromatic carbocycles. The third kappa shape index (κ3) is 3.10. The topological polar surface area (TPSA) is 66.4 Å². The highest BCUT2D eigenvalue weighted by molar-refractivity contribution is 7.91. The zero-order chi connectivity index (χ0) is 13.3. The van der Waals surface area contributed by atoms with Gasteiger partial charge in [-0.2, -0.15) is 0 Å². The fraction of sp³-hybridized carbons (Fsp3) is 0.538. The summed E-state index contributed by atoms with van der Waals surface area (Å²) in [7, 11) is -3.09. The van der Waals surface area contributed by atoms with Crippen molar-refractivity contribution in [1.29, 1.82) is 0 Å². The minimum Gasteiger partial charge on any atom is -0.390 e. The van der Waals surface area contributed by atoms with E-state index in [-0.39, 0.29) is 23.6 Å². The maximum absolute atomic E-state index is 11.4. The maximum Gasteiger partial charge on any atom is 0.154 e. The van der Waals surface area contributed by atoms with Crippen LogP contribution in [0.25, 0.3) is 0 Å². The van der Waals surface area contributed by atoms with Crippen LogP contribution in [0.2, 0.25) is 0 Å². The van der Waals surface area contributed by atoms with Crippen LogP contribution in [0.1, 0.15) is 24.1 Å². The monoisotopic (exact) mass is 269 g/mol. The molecule has 100 valence electrons. The zero-order valence-electron chi connectivity index (χ0n) is 10.6. The highest BCUT2D eigenvalue weighted by Gasteiger charge is 2.36. The van der Waals surface area contributed by atoms with Gasteiger partial charge in [0, 0.05) is 12.1 Å². The number of aryl methyl sites for hydroxylation is 1. The van der Waals surface area contributed by atoms with Gasteiger partial charge < -0.3 is 10.4 Å². The third-order valence-electron chi connectivity index (χ3n) is 3.36. The molecular weight excluding hydrogens is 250 g/mol. The highest BCUT2D eigenvalue weighted by atomic mass is 32.2. The molecule has 0 bridgehead atoms. The van der Waals surface area contributed by atoms with E-state index in [9.17, 15) is 13.5 Å². The first-order chi connectivity index (χ1) is 8.37. The molecule has 0 spiro atoms. The molecule has 4 nitrogen and oxygen atoms in total. The van der Waals surface area contributed by atoms with Crippen molar-refractivity contribution in [2.24, 2.45) is 0 Å². The Labute approximate surface area is 108 Å². The van der Waals surface area contributed by atoms with Crippen LogP contribution in [0.3, 0.4) is 0 Å². The SMILES string of the molecule is Cc1ccc(C(C)NC2CS(=O)(=O)CC2O)cc1. The minimum atomic E-state index is -3.09. The Morgan fingerprint density at radius 1 is 1.28 bits per heavy atom. The van der Waals surface area contributed by atoms with E-state index in [1.807, 2.05) is 38.1 Å². The van der Waals surface area contributed by atoms with E-state index in [2.05, 4.69) is 5.32 Å². The number of nitrogens with one attached hydrogen (secondary N) is 1. The van der Waals surface area contributed by atoms with Gasteiger partial charge in [0.1, 0.15) is 0 Å². The molecule has 0 amide bonds. The molecule has 2 rings (SSSR count). The molecule has 5 heteroatoms. The minimum absolute atomic E-state index is 0.0182. The Morgan fingerprint density at radius 2 is 1.89 bits per heavy atom. The van der Waals surface area contributed by atoms with Crippen LogP contribution in [0, 0.1) is 6.92 Å². The Bertz CT molecular complexity index is 510. The van der Waals surface area contributed by atoms with Gasteiger partial charge in [0.05, 0.1) is 17.6 Å². The Kier molecular flexibility index (Phi) is 3.75. The number of sulfone groups is 1. The van der Waals surface area contributed by atoms with E-state index >= 15 is 0 Å². The molecule has 3 unspecified atom stereocenters. The van der Waals surface area contributed by atoms with Crippen molar-refractivity contribution >= 4 is 9.84 Å². The van der Waals surface area contributed by atoms with Gasteiger partial charge in [-0.15, -0.1) is 0 Å². The molecule has 1 aliphatic rings. The van der Waals surface area contributed by atoms with Crippen molar-refractivity contribution < 1.29 is 13.5 Å². The summed E-state index contributed by atoms with van der Waals surface area (Å²) in [6, 6.07) is 7.74.